The van der Waals surface area contributed by atoms with Gasteiger partial charge in [-0.3, -0.25) is 4.79 Å². The Labute approximate surface area is 147 Å². The topological polar surface area (TPSA) is 46.9 Å². The Hall–Kier alpha value is -1.82. The van der Waals surface area contributed by atoms with Gasteiger partial charge in [0, 0.05) is 16.1 Å². The van der Waals surface area contributed by atoms with Gasteiger partial charge in [-0.25, -0.2) is 4.68 Å². The maximum atomic E-state index is 12.1. The molecule has 118 valence electrons. The molecule has 0 bridgehead atoms. The lowest BCUT2D eigenvalue weighted by Gasteiger charge is -2.10. The van der Waals surface area contributed by atoms with E-state index in [1.165, 1.54) is 0 Å². The summed E-state index contributed by atoms with van der Waals surface area (Å²) in [4.78, 5) is 12.1. The summed E-state index contributed by atoms with van der Waals surface area (Å²) in [5, 5.41) is 12.2. The van der Waals surface area contributed by atoms with Crippen LogP contribution < -0.4 is 5.32 Å². The molecule has 0 fully saturated rings. The first kappa shape index (κ1) is 16.1. The van der Waals surface area contributed by atoms with Gasteiger partial charge in [0.15, 0.2) is 0 Å². The van der Waals surface area contributed by atoms with E-state index < -0.39 is 0 Å². The first-order valence-corrected chi connectivity index (χ1v) is 8.58. The molecule has 0 saturated heterocycles. The van der Waals surface area contributed by atoms with Crippen LogP contribution in [0.25, 0.3) is 0 Å². The Morgan fingerprint density at radius 2 is 2.13 bits per heavy atom. The number of benzene rings is 1. The number of nitrogens with one attached hydrogen (secondary N) is 1. The van der Waals surface area contributed by atoms with Crippen LogP contribution in [0.15, 0.2) is 47.3 Å². The molecule has 1 amide bonds. The van der Waals surface area contributed by atoms with Crippen molar-refractivity contribution in [2.24, 2.45) is 0 Å². The molecule has 0 radical (unpaired) electrons. The standard InChI is InChI=1S/C16H13Cl2N3OS/c17-13-2-1-12(14(18)8-13)9-21-15(3-5-19-21)20-16(22)7-11-4-6-23-10-11/h1-6,8,10H,7,9H2,(H,20,22). The van der Waals surface area contributed by atoms with Gasteiger partial charge in [-0.2, -0.15) is 16.4 Å². The molecule has 23 heavy (non-hydrogen) atoms. The summed E-state index contributed by atoms with van der Waals surface area (Å²) in [6.45, 7) is 0.455. The maximum absolute atomic E-state index is 12.1. The maximum Gasteiger partial charge on any atom is 0.229 e. The second-order valence-corrected chi connectivity index (χ2v) is 6.59. The minimum atomic E-state index is -0.0765. The number of halogens is 2. The SMILES string of the molecule is O=C(Cc1ccsc1)Nc1ccnn1Cc1ccc(Cl)cc1Cl. The molecule has 0 aliphatic carbocycles. The summed E-state index contributed by atoms with van der Waals surface area (Å²) >= 11 is 13.7. The summed E-state index contributed by atoms with van der Waals surface area (Å²) in [5.74, 6) is 0.559. The number of thiophene rings is 1. The molecule has 1 aromatic carbocycles. The van der Waals surface area contributed by atoms with Gasteiger partial charge in [-0.1, -0.05) is 29.3 Å². The zero-order valence-corrected chi connectivity index (χ0v) is 14.3. The van der Waals surface area contributed by atoms with Gasteiger partial charge < -0.3 is 5.32 Å². The van der Waals surface area contributed by atoms with Gasteiger partial charge in [0.05, 0.1) is 19.2 Å². The predicted octanol–water partition coefficient (Wildman–Crippen LogP) is 4.48. The molecule has 1 N–H and O–H groups in total. The molecule has 0 saturated carbocycles. The molecule has 0 aliphatic heterocycles. The van der Waals surface area contributed by atoms with Crippen molar-refractivity contribution in [2.45, 2.75) is 13.0 Å². The van der Waals surface area contributed by atoms with Gasteiger partial charge >= 0.3 is 0 Å². The van der Waals surface area contributed by atoms with Gasteiger partial charge in [0.25, 0.3) is 0 Å². The lowest BCUT2D eigenvalue weighted by Crippen LogP contribution is -2.17. The molecule has 7 heteroatoms. The second kappa shape index (κ2) is 7.17. The molecule has 4 nitrogen and oxygen atoms in total. The van der Waals surface area contributed by atoms with Crippen molar-refractivity contribution in [3.8, 4) is 0 Å². The van der Waals surface area contributed by atoms with E-state index in [-0.39, 0.29) is 5.91 Å². The minimum absolute atomic E-state index is 0.0765. The highest BCUT2D eigenvalue weighted by molar-refractivity contribution is 7.08. The summed E-state index contributed by atoms with van der Waals surface area (Å²) in [6.07, 6.45) is 1.99. The fourth-order valence-electron chi connectivity index (χ4n) is 2.14. The van der Waals surface area contributed by atoms with Crippen molar-refractivity contribution in [2.75, 3.05) is 5.32 Å². The summed E-state index contributed by atoms with van der Waals surface area (Å²) in [6, 6.07) is 9.02. The van der Waals surface area contributed by atoms with E-state index in [4.69, 9.17) is 23.2 Å². The number of hydrogen-bond acceptors (Lipinski definition) is 3. The van der Waals surface area contributed by atoms with E-state index >= 15 is 0 Å². The average molecular weight is 366 g/mol. The van der Waals surface area contributed by atoms with E-state index in [1.807, 2.05) is 22.9 Å². The van der Waals surface area contributed by atoms with Crippen LogP contribution >= 0.6 is 34.5 Å². The van der Waals surface area contributed by atoms with E-state index in [2.05, 4.69) is 10.4 Å². The van der Waals surface area contributed by atoms with E-state index in [1.54, 1.807) is 40.4 Å². The van der Waals surface area contributed by atoms with Gasteiger partial charge in [-0.05, 0) is 40.1 Å². The number of rotatable bonds is 5. The zero-order chi connectivity index (χ0) is 16.2. The van der Waals surface area contributed by atoms with Crippen molar-refractivity contribution in [3.05, 3.63) is 68.5 Å². The third-order valence-electron chi connectivity index (χ3n) is 3.26. The van der Waals surface area contributed by atoms with Crippen LogP contribution in [-0.4, -0.2) is 15.7 Å². The molecule has 3 aromatic rings. The molecule has 3 rings (SSSR count). The second-order valence-electron chi connectivity index (χ2n) is 4.97. The quantitative estimate of drug-likeness (QED) is 0.724. The average Bonchev–Trinajstić information content (AvgIpc) is 3.14. The number of hydrogen-bond donors (Lipinski definition) is 1. The summed E-state index contributed by atoms with van der Waals surface area (Å²) in [5.41, 5.74) is 1.88. The smallest absolute Gasteiger partial charge is 0.229 e. The predicted molar refractivity (Wildman–Crippen MR) is 94.4 cm³/mol. The van der Waals surface area contributed by atoms with Crippen molar-refractivity contribution in [3.63, 3.8) is 0 Å². The van der Waals surface area contributed by atoms with Gasteiger partial charge in [0.2, 0.25) is 5.91 Å². The molecule has 0 unspecified atom stereocenters. The van der Waals surface area contributed by atoms with Crippen LogP contribution in [0.4, 0.5) is 5.82 Å². The Morgan fingerprint density at radius 1 is 1.26 bits per heavy atom. The number of nitrogens with zero attached hydrogens (tertiary/aromatic N) is 2. The zero-order valence-electron chi connectivity index (χ0n) is 12.0. The van der Waals surface area contributed by atoms with Gasteiger partial charge in [0.1, 0.15) is 5.82 Å². The van der Waals surface area contributed by atoms with Gasteiger partial charge in [-0.15, -0.1) is 0 Å². The monoisotopic (exact) mass is 365 g/mol. The number of carbonyl (C=O) groups is 1. The van der Waals surface area contributed by atoms with Crippen LogP contribution in [0.1, 0.15) is 11.1 Å². The van der Waals surface area contributed by atoms with E-state index in [0.717, 1.165) is 11.1 Å². The number of amides is 1. The van der Waals surface area contributed by atoms with Crippen molar-refractivity contribution < 1.29 is 4.79 Å². The molecule has 2 heterocycles. The highest BCUT2D eigenvalue weighted by atomic mass is 35.5. The van der Waals surface area contributed by atoms with Crippen LogP contribution in [0, 0.1) is 0 Å². The lowest BCUT2D eigenvalue weighted by molar-refractivity contribution is -0.115. The Morgan fingerprint density at radius 3 is 2.87 bits per heavy atom. The van der Waals surface area contributed by atoms with E-state index in [9.17, 15) is 4.79 Å². The number of carbonyl (C=O) groups excluding carboxylic acids is 1. The first-order valence-electron chi connectivity index (χ1n) is 6.88. The molecule has 2 aromatic heterocycles. The molecule has 0 spiro atoms. The fourth-order valence-corrected chi connectivity index (χ4v) is 3.28. The number of aromatic nitrogens is 2. The Balaban J connectivity index is 1.70. The summed E-state index contributed by atoms with van der Waals surface area (Å²) in [7, 11) is 0. The third kappa shape index (κ3) is 4.13. The van der Waals surface area contributed by atoms with Crippen molar-refractivity contribution >= 4 is 46.3 Å². The van der Waals surface area contributed by atoms with Crippen LogP contribution in [0.2, 0.25) is 10.0 Å². The Bertz CT molecular complexity index is 815. The van der Waals surface area contributed by atoms with E-state index in [0.29, 0.717) is 28.8 Å². The number of anilines is 1. The lowest BCUT2D eigenvalue weighted by atomic mass is 10.2. The highest BCUT2D eigenvalue weighted by Crippen LogP contribution is 2.22. The van der Waals surface area contributed by atoms with Crippen LogP contribution in [0.5, 0.6) is 0 Å². The first-order chi connectivity index (χ1) is 11.1. The fraction of sp³-hybridized carbons (Fsp3) is 0.125. The van der Waals surface area contributed by atoms with Crippen LogP contribution in [0.3, 0.4) is 0 Å². The largest absolute Gasteiger partial charge is 0.311 e. The molecular weight excluding hydrogens is 353 g/mol. The third-order valence-corrected chi connectivity index (χ3v) is 4.58. The molecule has 0 atom stereocenters. The van der Waals surface area contributed by atoms with Crippen molar-refractivity contribution in [1.82, 2.24) is 9.78 Å². The Kier molecular flexibility index (Phi) is 5.00. The summed E-state index contributed by atoms with van der Waals surface area (Å²) < 4.78 is 1.70. The highest BCUT2D eigenvalue weighted by Gasteiger charge is 2.10. The van der Waals surface area contributed by atoms with Crippen LogP contribution in [-0.2, 0) is 17.8 Å². The minimum Gasteiger partial charge on any atom is -0.311 e. The molecule has 0 aliphatic rings. The normalized spacial score (nSPS) is 10.7. The molecular formula is C16H13Cl2N3OS. The van der Waals surface area contributed by atoms with Crippen molar-refractivity contribution in [1.29, 1.82) is 0 Å².